The zero-order valence-corrected chi connectivity index (χ0v) is 13.5. The lowest BCUT2D eigenvalue weighted by Crippen LogP contribution is -2.60. The van der Waals surface area contributed by atoms with Gasteiger partial charge in [0.1, 0.15) is 11.9 Å². The lowest BCUT2D eigenvalue weighted by atomic mass is 9.95. The van der Waals surface area contributed by atoms with Crippen molar-refractivity contribution >= 4 is 5.97 Å². The molecule has 0 aliphatic carbocycles. The Hall–Kier alpha value is -1.94. The molecule has 1 N–H and O–H groups in total. The number of allylic oxidation sites excluding steroid dienone is 3. The molecule has 0 bridgehead atoms. The summed E-state index contributed by atoms with van der Waals surface area (Å²) in [7, 11) is 0. The fourth-order valence-electron chi connectivity index (χ4n) is 2.27. The van der Waals surface area contributed by atoms with Crippen LogP contribution in [-0.2, 0) is 4.79 Å². The molecule has 0 aromatic rings. The molecule has 0 radical (unpaired) electrons. The van der Waals surface area contributed by atoms with Crippen molar-refractivity contribution in [3.8, 4) is 12.3 Å². The molecule has 23 heavy (non-hydrogen) atoms. The molecule has 1 aliphatic rings. The number of halogens is 3. The first-order chi connectivity index (χ1) is 10.4. The van der Waals surface area contributed by atoms with Crippen LogP contribution in [0, 0.1) is 18.3 Å². The Balaban J connectivity index is 3.44. The molecule has 0 saturated heterocycles. The normalized spacial score (nSPS) is 19.3. The molecule has 1 rings (SSSR count). The van der Waals surface area contributed by atoms with Crippen molar-refractivity contribution < 1.29 is 23.1 Å². The standard InChI is InChI=1S/C16H21F3N2O2/c1-6-15(4,5)21-12(16(17,18)19)8-7-11(14(22)23)13(21)20-9-10(2)3/h1,7-8,10,13,20H,9H2,2-5H3,(H,22,23)/p-1. The van der Waals surface area contributed by atoms with Crippen molar-refractivity contribution in [3.63, 3.8) is 0 Å². The van der Waals surface area contributed by atoms with Gasteiger partial charge in [-0.3, -0.25) is 5.32 Å². The smallest absolute Gasteiger partial charge is 0.431 e. The Labute approximate surface area is 134 Å². The number of rotatable bonds is 5. The van der Waals surface area contributed by atoms with Gasteiger partial charge in [-0.15, -0.1) is 6.42 Å². The molecule has 0 amide bonds. The van der Waals surface area contributed by atoms with Gasteiger partial charge in [0.25, 0.3) is 0 Å². The number of carbonyl (C=O) groups excluding carboxylic acids is 1. The van der Waals surface area contributed by atoms with Gasteiger partial charge in [-0.25, -0.2) is 0 Å². The fourth-order valence-corrected chi connectivity index (χ4v) is 2.27. The second-order valence-electron chi connectivity index (χ2n) is 6.24. The van der Waals surface area contributed by atoms with Crippen LogP contribution in [0.4, 0.5) is 13.2 Å². The summed E-state index contributed by atoms with van der Waals surface area (Å²) in [4.78, 5) is 12.2. The monoisotopic (exact) mass is 329 g/mol. The third kappa shape index (κ3) is 4.29. The van der Waals surface area contributed by atoms with Gasteiger partial charge in [0, 0.05) is 5.57 Å². The molecule has 7 heteroatoms. The molecule has 0 aromatic carbocycles. The lowest BCUT2D eigenvalue weighted by Gasteiger charge is -2.47. The predicted molar refractivity (Wildman–Crippen MR) is 78.6 cm³/mol. The molecule has 1 aliphatic heterocycles. The van der Waals surface area contributed by atoms with Crippen molar-refractivity contribution in [2.45, 2.75) is 45.6 Å². The minimum atomic E-state index is -4.67. The van der Waals surface area contributed by atoms with E-state index in [9.17, 15) is 23.1 Å². The number of alkyl halides is 3. The van der Waals surface area contributed by atoms with Crippen LogP contribution in [0.2, 0.25) is 0 Å². The number of carboxylic acids is 1. The SMILES string of the molecule is C#CC(C)(C)N1C(C(F)(F)F)=CC=C(C(=O)[O-])C1NCC(C)C. The summed E-state index contributed by atoms with van der Waals surface area (Å²) in [5, 5.41) is 14.2. The zero-order chi connectivity index (χ0) is 18.0. The van der Waals surface area contributed by atoms with Crippen LogP contribution >= 0.6 is 0 Å². The number of nitrogens with one attached hydrogen (secondary N) is 1. The maximum absolute atomic E-state index is 13.4. The fraction of sp³-hybridized carbons (Fsp3) is 0.562. The molecule has 1 heterocycles. The van der Waals surface area contributed by atoms with Gasteiger partial charge < -0.3 is 14.8 Å². The summed E-state index contributed by atoms with van der Waals surface area (Å²) < 4.78 is 40.1. The highest BCUT2D eigenvalue weighted by atomic mass is 19.4. The number of terminal acetylenes is 1. The minimum Gasteiger partial charge on any atom is -0.545 e. The van der Waals surface area contributed by atoms with Gasteiger partial charge in [0.15, 0.2) is 0 Å². The van der Waals surface area contributed by atoms with Crippen LogP contribution in [0.15, 0.2) is 23.4 Å². The van der Waals surface area contributed by atoms with E-state index in [4.69, 9.17) is 6.42 Å². The zero-order valence-electron chi connectivity index (χ0n) is 13.5. The van der Waals surface area contributed by atoms with E-state index in [1.807, 2.05) is 13.8 Å². The number of nitrogens with zero attached hydrogens (tertiary/aromatic N) is 1. The van der Waals surface area contributed by atoms with Gasteiger partial charge in [0.2, 0.25) is 0 Å². The summed E-state index contributed by atoms with van der Waals surface area (Å²) in [5.74, 6) is 0.860. The molecule has 0 spiro atoms. The van der Waals surface area contributed by atoms with Crippen LogP contribution in [0.25, 0.3) is 0 Å². The average Bonchev–Trinajstić information content (AvgIpc) is 2.42. The molecule has 1 unspecified atom stereocenters. The number of carbonyl (C=O) groups is 1. The maximum Gasteiger partial charge on any atom is 0.431 e. The maximum atomic E-state index is 13.4. The van der Waals surface area contributed by atoms with Gasteiger partial charge in [-0.2, -0.15) is 13.2 Å². The van der Waals surface area contributed by atoms with Crippen molar-refractivity contribution in [1.29, 1.82) is 0 Å². The Morgan fingerprint density at radius 3 is 2.39 bits per heavy atom. The van der Waals surface area contributed by atoms with E-state index in [2.05, 4.69) is 11.2 Å². The minimum absolute atomic E-state index is 0.106. The molecule has 0 aromatic heterocycles. The van der Waals surface area contributed by atoms with Crippen LogP contribution in [0.3, 0.4) is 0 Å². The number of hydrogen-bond acceptors (Lipinski definition) is 4. The van der Waals surface area contributed by atoms with E-state index in [1.165, 1.54) is 13.8 Å². The molecular formula is C16H20F3N2O2-. The molecular weight excluding hydrogens is 309 g/mol. The Bertz CT molecular complexity index is 569. The Morgan fingerprint density at radius 2 is 2.00 bits per heavy atom. The van der Waals surface area contributed by atoms with Gasteiger partial charge in [-0.1, -0.05) is 25.8 Å². The van der Waals surface area contributed by atoms with E-state index < -0.39 is 29.5 Å². The van der Waals surface area contributed by atoms with E-state index in [-0.39, 0.29) is 11.5 Å². The van der Waals surface area contributed by atoms with E-state index in [0.29, 0.717) is 6.54 Å². The third-order valence-corrected chi connectivity index (χ3v) is 3.43. The van der Waals surface area contributed by atoms with Crippen molar-refractivity contribution in [2.24, 2.45) is 5.92 Å². The largest absolute Gasteiger partial charge is 0.545 e. The van der Waals surface area contributed by atoms with Crippen LogP contribution in [0.1, 0.15) is 27.7 Å². The number of carboxylic acid groups (broad SMARTS) is 1. The Kier molecular flexibility index (Phi) is 5.54. The number of aliphatic carboxylic acids is 1. The first kappa shape index (κ1) is 19.1. The van der Waals surface area contributed by atoms with Gasteiger partial charge in [0.05, 0.1) is 11.5 Å². The summed E-state index contributed by atoms with van der Waals surface area (Å²) in [6.07, 6.45) is 1.13. The van der Waals surface area contributed by atoms with Crippen molar-refractivity contribution in [3.05, 3.63) is 23.4 Å². The highest BCUT2D eigenvalue weighted by molar-refractivity contribution is 5.87. The first-order valence-corrected chi connectivity index (χ1v) is 7.12. The van der Waals surface area contributed by atoms with Gasteiger partial charge in [-0.05, 0) is 32.4 Å². The molecule has 128 valence electrons. The van der Waals surface area contributed by atoms with Gasteiger partial charge >= 0.3 is 6.18 Å². The summed E-state index contributed by atoms with van der Waals surface area (Å²) in [6.45, 7) is 6.88. The first-order valence-electron chi connectivity index (χ1n) is 7.12. The summed E-state index contributed by atoms with van der Waals surface area (Å²) >= 11 is 0. The Morgan fingerprint density at radius 1 is 1.43 bits per heavy atom. The highest BCUT2D eigenvalue weighted by Crippen LogP contribution is 2.38. The summed E-state index contributed by atoms with van der Waals surface area (Å²) in [5.41, 5.74) is -2.64. The number of hydrogen-bond donors (Lipinski definition) is 1. The van der Waals surface area contributed by atoms with Crippen LogP contribution in [0.5, 0.6) is 0 Å². The van der Waals surface area contributed by atoms with E-state index >= 15 is 0 Å². The quantitative estimate of drug-likeness (QED) is 0.775. The topological polar surface area (TPSA) is 55.4 Å². The van der Waals surface area contributed by atoms with Crippen LogP contribution in [-0.4, -0.2) is 35.3 Å². The molecule has 1 atom stereocenters. The second kappa shape index (κ2) is 6.67. The molecule has 0 fully saturated rings. The van der Waals surface area contributed by atoms with Crippen molar-refractivity contribution in [1.82, 2.24) is 10.2 Å². The predicted octanol–water partition coefficient (Wildman–Crippen LogP) is 1.41. The second-order valence-corrected chi connectivity index (χ2v) is 6.24. The van der Waals surface area contributed by atoms with E-state index in [0.717, 1.165) is 17.1 Å². The highest BCUT2D eigenvalue weighted by Gasteiger charge is 2.47. The lowest BCUT2D eigenvalue weighted by molar-refractivity contribution is -0.300. The molecule has 0 saturated carbocycles. The average molecular weight is 329 g/mol. The van der Waals surface area contributed by atoms with Crippen LogP contribution < -0.4 is 10.4 Å². The van der Waals surface area contributed by atoms with Crippen molar-refractivity contribution in [2.75, 3.05) is 6.54 Å². The summed E-state index contributed by atoms with van der Waals surface area (Å²) in [6, 6.07) is 0. The third-order valence-electron chi connectivity index (χ3n) is 3.43. The van der Waals surface area contributed by atoms with E-state index in [1.54, 1.807) is 0 Å². The molecule has 4 nitrogen and oxygen atoms in total.